The molecule has 6 heteroatoms. The van der Waals surface area contributed by atoms with Crippen molar-refractivity contribution in [1.29, 1.82) is 0 Å². The third-order valence-corrected chi connectivity index (χ3v) is 3.28. The number of nitrogens with zero attached hydrogens (tertiary/aromatic N) is 3. The minimum absolute atomic E-state index is 0.00964. The number of carboxylic acids is 1. The van der Waals surface area contributed by atoms with Crippen LogP contribution in [0.5, 0.6) is 0 Å². The second-order valence-corrected chi connectivity index (χ2v) is 5.22. The summed E-state index contributed by atoms with van der Waals surface area (Å²) in [4.78, 5) is 19.0. The Hall–Kier alpha value is -1.66. The maximum atomic E-state index is 10.7. The lowest BCUT2D eigenvalue weighted by molar-refractivity contribution is -0.138. The first-order chi connectivity index (χ1) is 9.54. The van der Waals surface area contributed by atoms with Crippen LogP contribution in [-0.2, 0) is 9.53 Å². The molecule has 110 valence electrons. The Bertz CT molecular complexity index is 467. The van der Waals surface area contributed by atoms with E-state index in [1.165, 1.54) is 5.56 Å². The van der Waals surface area contributed by atoms with Crippen LogP contribution in [0.4, 0.5) is 5.82 Å². The Morgan fingerprint density at radius 1 is 1.65 bits per heavy atom. The maximum absolute atomic E-state index is 10.7. The molecule has 1 N–H and O–H groups in total. The smallest absolute Gasteiger partial charge is 0.317 e. The molecule has 20 heavy (non-hydrogen) atoms. The van der Waals surface area contributed by atoms with Gasteiger partial charge >= 0.3 is 5.97 Å². The molecule has 0 aromatic carbocycles. The first-order valence-corrected chi connectivity index (χ1v) is 6.74. The largest absolute Gasteiger partial charge is 0.480 e. The number of aromatic nitrogens is 1. The molecule has 1 aromatic rings. The zero-order valence-electron chi connectivity index (χ0n) is 12.0. The standard InChI is InChI=1S/C14H21N3O3/c1-11-3-4-15-13(7-11)17-5-6-20-12(9-17)8-16(2)10-14(18)19/h3-4,7,12H,5-6,8-10H2,1-2H3,(H,18,19). The van der Waals surface area contributed by atoms with Crippen molar-refractivity contribution in [3.8, 4) is 0 Å². The number of pyridine rings is 1. The minimum Gasteiger partial charge on any atom is -0.480 e. The van der Waals surface area contributed by atoms with Crippen LogP contribution < -0.4 is 4.90 Å². The van der Waals surface area contributed by atoms with Crippen LogP contribution >= 0.6 is 0 Å². The van der Waals surface area contributed by atoms with Gasteiger partial charge in [0, 0.05) is 25.8 Å². The van der Waals surface area contributed by atoms with Crippen LogP contribution in [0.3, 0.4) is 0 Å². The normalized spacial score (nSPS) is 19.4. The van der Waals surface area contributed by atoms with Gasteiger partial charge in [0.2, 0.25) is 0 Å². The molecule has 6 nitrogen and oxygen atoms in total. The van der Waals surface area contributed by atoms with E-state index >= 15 is 0 Å². The second-order valence-electron chi connectivity index (χ2n) is 5.22. The van der Waals surface area contributed by atoms with Crippen LogP contribution in [0.15, 0.2) is 18.3 Å². The van der Waals surface area contributed by atoms with Gasteiger partial charge in [-0.05, 0) is 31.7 Å². The Morgan fingerprint density at radius 3 is 3.15 bits per heavy atom. The number of ether oxygens (including phenoxy) is 1. The van der Waals surface area contributed by atoms with Crippen LogP contribution in [0.1, 0.15) is 5.56 Å². The summed E-state index contributed by atoms with van der Waals surface area (Å²) >= 11 is 0. The molecule has 1 fully saturated rings. The van der Waals surface area contributed by atoms with Crippen LogP contribution in [-0.4, -0.2) is 66.9 Å². The summed E-state index contributed by atoms with van der Waals surface area (Å²) in [6, 6.07) is 4.03. The van der Waals surface area contributed by atoms with Crippen LogP contribution in [0.2, 0.25) is 0 Å². The fraction of sp³-hybridized carbons (Fsp3) is 0.571. The minimum atomic E-state index is -0.819. The van der Waals surface area contributed by atoms with Gasteiger partial charge in [0.1, 0.15) is 5.82 Å². The fourth-order valence-electron chi connectivity index (χ4n) is 2.37. The Balaban J connectivity index is 1.93. The lowest BCUT2D eigenvalue weighted by Crippen LogP contribution is -2.48. The van der Waals surface area contributed by atoms with E-state index in [1.807, 2.05) is 19.2 Å². The number of morpholine rings is 1. The van der Waals surface area contributed by atoms with E-state index in [9.17, 15) is 4.79 Å². The highest BCUT2D eigenvalue weighted by Crippen LogP contribution is 2.16. The Morgan fingerprint density at radius 2 is 2.45 bits per heavy atom. The quantitative estimate of drug-likeness (QED) is 0.852. The number of carbonyl (C=O) groups is 1. The van der Waals surface area contributed by atoms with Gasteiger partial charge in [0.25, 0.3) is 0 Å². The molecule has 1 unspecified atom stereocenters. The van der Waals surface area contributed by atoms with Crippen molar-refractivity contribution in [3.63, 3.8) is 0 Å². The molecule has 0 radical (unpaired) electrons. The van der Waals surface area contributed by atoms with Crippen molar-refractivity contribution in [2.45, 2.75) is 13.0 Å². The highest BCUT2D eigenvalue weighted by molar-refractivity contribution is 5.69. The molecule has 1 saturated heterocycles. The molecular weight excluding hydrogens is 258 g/mol. The summed E-state index contributed by atoms with van der Waals surface area (Å²) < 4.78 is 5.71. The molecule has 1 atom stereocenters. The number of hydrogen-bond acceptors (Lipinski definition) is 5. The topological polar surface area (TPSA) is 65.9 Å². The third kappa shape index (κ3) is 4.18. The van der Waals surface area contributed by atoms with Gasteiger partial charge in [-0.25, -0.2) is 4.98 Å². The highest BCUT2D eigenvalue weighted by atomic mass is 16.5. The lowest BCUT2D eigenvalue weighted by Gasteiger charge is -2.35. The molecule has 1 aromatic heterocycles. The van der Waals surface area contributed by atoms with E-state index in [1.54, 1.807) is 11.9 Å². The van der Waals surface area contributed by atoms with Gasteiger partial charge in [0.05, 0.1) is 19.3 Å². The zero-order chi connectivity index (χ0) is 14.5. The zero-order valence-corrected chi connectivity index (χ0v) is 12.0. The van der Waals surface area contributed by atoms with E-state index in [2.05, 4.69) is 16.0 Å². The number of aryl methyl sites for hydroxylation is 1. The molecular formula is C14H21N3O3. The highest BCUT2D eigenvalue weighted by Gasteiger charge is 2.23. The van der Waals surface area contributed by atoms with Crippen LogP contribution in [0, 0.1) is 6.92 Å². The summed E-state index contributed by atoms with van der Waals surface area (Å²) in [5.41, 5.74) is 1.18. The first kappa shape index (κ1) is 14.7. The van der Waals surface area contributed by atoms with E-state index in [-0.39, 0.29) is 12.6 Å². The lowest BCUT2D eigenvalue weighted by atomic mass is 10.2. The van der Waals surface area contributed by atoms with Gasteiger partial charge in [-0.3, -0.25) is 9.69 Å². The van der Waals surface area contributed by atoms with Gasteiger partial charge in [-0.2, -0.15) is 0 Å². The number of carboxylic acid groups (broad SMARTS) is 1. The summed E-state index contributed by atoms with van der Waals surface area (Å²) in [7, 11) is 1.79. The SMILES string of the molecule is Cc1ccnc(N2CCOC(CN(C)CC(=O)O)C2)c1. The Kier molecular flexibility index (Phi) is 4.92. The molecule has 1 aliphatic rings. The van der Waals surface area contributed by atoms with Gasteiger partial charge in [-0.1, -0.05) is 0 Å². The van der Waals surface area contributed by atoms with Gasteiger partial charge in [0.15, 0.2) is 0 Å². The second kappa shape index (κ2) is 6.67. The monoisotopic (exact) mass is 279 g/mol. The molecule has 2 rings (SSSR count). The van der Waals surface area contributed by atoms with Crippen molar-refractivity contribution in [2.75, 3.05) is 44.7 Å². The molecule has 0 saturated carbocycles. The number of rotatable bonds is 5. The first-order valence-electron chi connectivity index (χ1n) is 6.74. The molecule has 0 amide bonds. The molecule has 2 heterocycles. The molecule has 0 bridgehead atoms. The number of anilines is 1. The van der Waals surface area contributed by atoms with Gasteiger partial charge < -0.3 is 14.7 Å². The summed E-state index contributed by atoms with van der Waals surface area (Å²) in [6.45, 7) is 4.87. The average molecular weight is 279 g/mol. The maximum Gasteiger partial charge on any atom is 0.317 e. The molecule has 0 aliphatic carbocycles. The van der Waals surface area contributed by atoms with Crippen molar-refractivity contribution < 1.29 is 14.6 Å². The number of likely N-dealkylation sites (N-methyl/N-ethyl adjacent to an activating group) is 1. The van der Waals surface area contributed by atoms with Crippen molar-refractivity contribution in [3.05, 3.63) is 23.9 Å². The summed E-state index contributed by atoms with van der Waals surface area (Å²) in [5.74, 6) is 0.139. The molecule has 1 aliphatic heterocycles. The average Bonchev–Trinajstić information content (AvgIpc) is 2.38. The Labute approximate surface area is 119 Å². The number of hydrogen-bond donors (Lipinski definition) is 1. The summed E-state index contributed by atoms with van der Waals surface area (Å²) in [5, 5.41) is 8.77. The van der Waals surface area contributed by atoms with E-state index < -0.39 is 5.97 Å². The van der Waals surface area contributed by atoms with E-state index in [0.717, 1.165) is 18.9 Å². The van der Waals surface area contributed by atoms with E-state index in [4.69, 9.17) is 9.84 Å². The predicted molar refractivity (Wildman–Crippen MR) is 76.1 cm³/mol. The van der Waals surface area contributed by atoms with Crippen molar-refractivity contribution in [2.24, 2.45) is 0 Å². The van der Waals surface area contributed by atoms with Gasteiger partial charge in [-0.15, -0.1) is 0 Å². The molecule has 0 spiro atoms. The fourth-order valence-corrected chi connectivity index (χ4v) is 2.37. The van der Waals surface area contributed by atoms with Crippen LogP contribution in [0.25, 0.3) is 0 Å². The predicted octanol–water partition coefficient (Wildman–Crippen LogP) is 0.612. The summed E-state index contributed by atoms with van der Waals surface area (Å²) in [6.07, 6.45) is 1.82. The third-order valence-electron chi connectivity index (χ3n) is 3.28. The van der Waals surface area contributed by atoms with E-state index in [0.29, 0.717) is 13.2 Å². The van der Waals surface area contributed by atoms with Crippen molar-refractivity contribution >= 4 is 11.8 Å². The van der Waals surface area contributed by atoms with Crippen molar-refractivity contribution in [1.82, 2.24) is 9.88 Å². The number of aliphatic carboxylic acids is 1.